The van der Waals surface area contributed by atoms with Crippen molar-refractivity contribution in [2.45, 2.75) is 27.2 Å². The molecule has 2 N–H and O–H groups in total. The molecule has 0 spiro atoms. The number of carbonyl (C=O) groups excluding carboxylic acids is 2. The lowest BCUT2D eigenvalue weighted by molar-refractivity contribution is -0.126. The van der Waals surface area contributed by atoms with E-state index in [9.17, 15) is 9.59 Å². The van der Waals surface area contributed by atoms with E-state index >= 15 is 0 Å². The van der Waals surface area contributed by atoms with Crippen molar-refractivity contribution in [2.75, 3.05) is 10.6 Å². The van der Waals surface area contributed by atoms with Gasteiger partial charge in [0.05, 0.1) is 0 Å². The molecule has 2 amide bonds. The molecule has 0 aromatic heterocycles. The van der Waals surface area contributed by atoms with Gasteiger partial charge < -0.3 is 10.6 Å². The van der Waals surface area contributed by atoms with Crippen LogP contribution < -0.4 is 10.6 Å². The van der Waals surface area contributed by atoms with Gasteiger partial charge in [-0.3, -0.25) is 9.59 Å². The van der Waals surface area contributed by atoms with E-state index in [0.29, 0.717) is 6.42 Å². The third kappa shape index (κ3) is 4.95. The van der Waals surface area contributed by atoms with Gasteiger partial charge in [0.25, 0.3) is 0 Å². The Kier molecular flexibility index (Phi) is 5.74. The second-order valence-corrected chi connectivity index (χ2v) is 6.66. The van der Waals surface area contributed by atoms with E-state index in [0.717, 1.165) is 11.4 Å². The van der Waals surface area contributed by atoms with E-state index in [1.54, 1.807) is 0 Å². The van der Waals surface area contributed by atoms with Crippen molar-refractivity contribution in [1.82, 2.24) is 0 Å². The van der Waals surface area contributed by atoms with Gasteiger partial charge in [-0.1, -0.05) is 57.2 Å². The van der Waals surface area contributed by atoms with E-state index < -0.39 is 5.41 Å². The summed E-state index contributed by atoms with van der Waals surface area (Å²) in [7, 11) is 0. The first-order valence-electron chi connectivity index (χ1n) is 8.11. The van der Waals surface area contributed by atoms with Crippen LogP contribution in [0.1, 0.15) is 27.2 Å². The lowest BCUT2D eigenvalue weighted by Crippen LogP contribution is -2.35. The molecule has 1 atom stereocenters. The highest BCUT2D eigenvalue weighted by Gasteiger charge is 2.32. The van der Waals surface area contributed by atoms with Crippen molar-refractivity contribution in [3.05, 3.63) is 60.7 Å². The standard InChI is InChI=1S/C20H24N2O2/c1-15(18(23)21-16-10-6-4-7-11-16)14-20(2,3)19(24)22-17-12-8-5-9-13-17/h4-13,15H,14H2,1-3H3,(H,21,23)(H,22,24). The van der Waals surface area contributed by atoms with Crippen LogP contribution in [0.5, 0.6) is 0 Å². The summed E-state index contributed by atoms with van der Waals surface area (Å²) in [5, 5.41) is 5.79. The van der Waals surface area contributed by atoms with Crippen LogP contribution in [-0.4, -0.2) is 11.8 Å². The minimum atomic E-state index is -0.650. The first-order valence-corrected chi connectivity index (χ1v) is 8.11. The maximum atomic E-state index is 12.5. The summed E-state index contributed by atoms with van der Waals surface area (Å²) in [5.74, 6) is -0.448. The zero-order valence-electron chi connectivity index (χ0n) is 14.4. The van der Waals surface area contributed by atoms with Crippen LogP contribution in [0, 0.1) is 11.3 Å². The number of rotatable bonds is 6. The Balaban J connectivity index is 1.94. The molecule has 0 heterocycles. The van der Waals surface area contributed by atoms with Gasteiger partial charge in [0.15, 0.2) is 0 Å². The number of amides is 2. The fraction of sp³-hybridized carbons (Fsp3) is 0.300. The molecular formula is C20H24N2O2. The largest absolute Gasteiger partial charge is 0.326 e. The number of hydrogen-bond acceptors (Lipinski definition) is 2. The summed E-state index contributed by atoms with van der Waals surface area (Å²) in [6.45, 7) is 5.56. The molecule has 0 radical (unpaired) electrons. The Morgan fingerprint density at radius 3 is 1.83 bits per heavy atom. The fourth-order valence-electron chi connectivity index (χ4n) is 2.56. The van der Waals surface area contributed by atoms with E-state index in [1.165, 1.54) is 0 Å². The second kappa shape index (κ2) is 7.77. The molecule has 0 fully saturated rings. The Hall–Kier alpha value is -2.62. The highest BCUT2D eigenvalue weighted by molar-refractivity contribution is 5.96. The van der Waals surface area contributed by atoms with Crippen LogP contribution in [-0.2, 0) is 9.59 Å². The molecule has 0 aliphatic heterocycles. The van der Waals surface area contributed by atoms with E-state index in [2.05, 4.69) is 10.6 Å². The van der Waals surface area contributed by atoms with Crippen molar-refractivity contribution in [3.8, 4) is 0 Å². The summed E-state index contributed by atoms with van der Waals surface area (Å²) in [4.78, 5) is 24.8. The highest BCUT2D eigenvalue weighted by atomic mass is 16.2. The number of benzene rings is 2. The highest BCUT2D eigenvalue weighted by Crippen LogP contribution is 2.28. The number of hydrogen-bond donors (Lipinski definition) is 2. The van der Waals surface area contributed by atoms with Gasteiger partial charge in [0.2, 0.25) is 11.8 Å². The van der Waals surface area contributed by atoms with Crippen LogP contribution in [0.25, 0.3) is 0 Å². The Labute approximate surface area is 143 Å². The van der Waals surface area contributed by atoms with Crippen LogP contribution in [0.15, 0.2) is 60.7 Å². The molecule has 0 aliphatic rings. The van der Waals surface area contributed by atoms with Gasteiger partial charge in [0.1, 0.15) is 0 Å². The van der Waals surface area contributed by atoms with Gasteiger partial charge in [-0.2, -0.15) is 0 Å². The van der Waals surface area contributed by atoms with Gasteiger partial charge in [-0.05, 0) is 30.7 Å². The van der Waals surface area contributed by atoms with Crippen LogP contribution in [0.4, 0.5) is 11.4 Å². The summed E-state index contributed by atoms with van der Waals surface area (Å²) in [6.07, 6.45) is 0.463. The summed E-state index contributed by atoms with van der Waals surface area (Å²) in [6, 6.07) is 18.7. The number of para-hydroxylation sites is 2. The number of anilines is 2. The maximum absolute atomic E-state index is 12.5. The molecule has 0 bridgehead atoms. The Bertz CT molecular complexity index is 681. The number of carbonyl (C=O) groups is 2. The van der Waals surface area contributed by atoms with Crippen LogP contribution in [0.3, 0.4) is 0 Å². The van der Waals surface area contributed by atoms with Crippen molar-refractivity contribution in [1.29, 1.82) is 0 Å². The second-order valence-electron chi connectivity index (χ2n) is 6.66. The molecule has 2 aromatic carbocycles. The third-order valence-electron chi connectivity index (χ3n) is 3.95. The molecule has 126 valence electrons. The first-order chi connectivity index (χ1) is 11.4. The molecule has 4 nitrogen and oxygen atoms in total. The normalized spacial score (nSPS) is 12.3. The predicted octanol–water partition coefficient (Wildman–Crippen LogP) is 4.32. The molecule has 4 heteroatoms. The quantitative estimate of drug-likeness (QED) is 0.831. The summed E-state index contributed by atoms with van der Waals surface area (Å²) in [5.41, 5.74) is 0.876. The van der Waals surface area contributed by atoms with Crippen LogP contribution in [0.2, 0.25) is 0 Å². The maximum Gasteiger partial charge on any atom is 0.230 e. The van der Waals surface area contributed by atoms with E-state index in [-0.39, 0.29) is 17.7 Å². The third-order valence-corrected chi connectivity index (χ3v) is 3.95. The topological polar surface area (TPSA) is 58.2 Å². The molecule has 1 unspecified atom stereocenters. The zero-order valence-corrected chi connectivity index (χ0v) is 14.4. The first kappa shape index (κ1) is 17.7. The lowest BCUT2D eigenvalue weighted by Gasteiger charge is -2.26. The minimum absolute atomic E-state index is 0.0817. The zero-order chi connectivity index (χ0) is 17.6. The van der Waals surface area contributed by atoms with Crippen molar-refractivity contribution in [2.24, 2.45) is 11.3 Å². The SMILES string of the molecule is CC(CC(C)(C)C(=O)Nc1ccccc1)C(=O)Nc1ccccc1. The molecule has 2 rings (SSSR count). The van der Waals surface area contributed by atoms with Crippen molar-refractivity contribution >= 4 is 23.2 Å². The van der Waals surface area contributed by atoms with Gasteiger partial charge in [-0.25, -0.2) is 0 Å². The molecule has 0 aliphatic carbocycles. The fourth-order valence-corrected chi connectivity index (χ4v) is 2.56. The van der Waals surface area contributed by atoms with Gasteiger partial charge in [0, 0.05) is 22.7 Å². The molecule has 0 saturated carbocycles. The van der Waals surface area contributed by atoms with Crippen molar-refractivity contribution < 1.29 is 9.59 Å². The number of nitrogens with one attached hydrogen (secondary N) is 2. The van der Waals surface area contributed by atoms with Gasteiger partial charge in [-0.15, -0.1) is 0 Å². The van der Waals surface area contributed by atoms with E-state index in [1.807, 2.05) is 81.4 Å². The van der Waals surface area contributed by atoms with E-state index in [4.69, 9.17) is 0 Å². The Morgan fingerprint density at radius 1 is 0.875 bits per heavy atom. The summed E-state index contributed by atoms with van der Waals surface area (Å²) < 4.78 is 0. The molecular weight excluding hydrogens is 300 g/mol. The molecule has 2 aromatic rings. The lowest BCUT2D eigenvalue weighted by atomic mass is 9.82. The van der Waals surface area contributed by atoms with Crippen molar-refractivity contribution in [3.63, 3.8) is 0 Å². The summed E-state index contributed by atoms with van der Waals surface area (Å²) >= 11 is 0. The molecule has 0 saturated heterocycles. The predicted molar refractivity (Wildman–Crippen MR) is 97.7 cm³/mol. The Morgan fingerprint density at radius 2 is 1.33 bits per heavy atom. The molecule has 24 heavy (non-hydrogen) atoms. The average Bonchev–Trinajstić information content (AvgIpc) is 2.56. The smallest absolute Gasteiger partial charge is 0.230 e. The average molecular weight is 324 g/mol. The minimum Gasteiger partial charge on any atom is -0.326 e. The van der Waals surface area contributed by atoms with Gasteiger partial charge >= 0.3 is 0 Å². The monoisotopic (exact) mass is 324 g/mol. The van der Waals surface area contributed by atoms with Crippen LogP contribution >= 0.6 is 0 Å².